The lowest BCUT2D eigenvalue weighted by Gasteiger charge is -2.11. The normalized spacial score (nSPS) is 11.4. The molecule has 0 aliphatic carbocycles. The number of nitrogens with two attached hydrogens (primary N) is 1. The number of benzene rings is 1. The quantitative estimate of drug-likeness (QED) is 0.662. The highest BCUT2D eigenvalue weighted by molar-refractivity contribution is 7.89. The largest absolute Gasteiger partial charge is 0.398 e. The van der Waals surface area contributed by atoms with Crippen molar-refractivity contribution in [3.63, 3.8) is 0 Å². The van der Waals surface area contributed by atoms with Crippen LogP contribution in [0, 0.1) is 6.92 Å². The first kappa shape index (κ1) is 13.8. The molecule has 0 saturated carbocycles. The number of nitrogen functional groups attached to an aromatic ring is 1. The number of nitrogens with one attached hydrogen (secondary N) is 2. The second-order valence-corrected chi connectivity index (χ2v) is 5.69. The van der Waals surface area contributed by atoms with Crippen molar-refractivity contribution in [2.75, 3.05) is 29.9 Å². The third-order valence-corrected chi connectivity index (χ3v) is 3.90. The van der Waals surface area contributed by atoms with Crippen LogP contribution in [-0.4, -0.2) is 27.3 Å². The van der Waals surface area contributed by atoms with Gasteiger partial charge in [-0.2, -0.15) is 0 Å². The van der Waals surface area contributed by atoms with E-state index in [2.05, 4.69) is 10.0 Å². The Morgan fingerprint density at radius 3 is 2.71 bits per heavy atom. The van der Waals surface area contributed by atoms with E-state index in [4.69, 9.17) is 5.73 Å². The smallest absolute Gasteiger partial charge is 0.213 e. The molecule has 5 nitrogen and oxygen atoms in total. The SMILES string of the molecule is CCNS(=O)(=O)CCNc1cccc(N)c1C. The van der Waals surface area contributed by atoms with Crippen molar-refractivity contribution < 1.29 is 8.42 Å². The van der Waals surface area contributed by atoms with Gasteiger partial charge in [-0.15, -0.1) is 0 Å². The summed E-state index contributed by atoms with van der Waals surface area (Å²) >= 11 is 0. The molecule has 0 heterocycles. The van der Waals surface area contributed by atoms with Gasteiger partial charge >= 0.3 is 0 Å². The lowest BCUT2D eigenvalue weighted by Crippen LogP contribution is -2.29. The zero-order valence-corrected chi connectivity index (χ0v) is 11.0. The van der Waals surface area contributed by atoms with Gasteiger partial charge in [0.05, 0.1) is 5.75 Å². The molecule has 0 fully saturated rings. The number of anilines is 2. The summed E-state index contributed by atoms with van der Waals surface area (Å²) < 4.78 is 25.2. The standard InChI is InChI=1S/C11H19N3O2S/c1-3-14-17(15,16)8-7-13-11-6-4-5-10(12)9(11)2/h4-6,13-14H,3,7-8,12H2,1-2H3. The first-order chi connectivity index (χ1) is 7.96. The maximum Gasteiger partial charge on any atom is 0.213 e. The van der Waals surface area contributed by atoms with E-state index in [-0.39, 0.29) is 5.75 Å². The van der Waals surface area contributed by atoms with E-state index in [9.17, 15) is 8.42 Å². The zero-order valence-electron chi connectivity index (χ0n) is 10.2. The molecule has 4 N–H and O–H groups in total. The minimum atomic E-state index is -3.17. The highest BCUT2D eigenvalue weighted by Gasteiger charge is 2.08. The number of sulfonamides is 1. The zero-order chi connectivity index (χ0) is 12.9. The van der Waals surface area contributed by atoms with Gasteiger partial charge in [0.25, 0.3) is 0 Å². The van der Waals surface area contributed by atoms with E-state index in [0.29, 0.717) is 18.8 Å². The predicted molar refractivity (Wildman–Crippen MR) is 71.5 cm³/mol. The van der Waals surface area contributed by atoms with Gasteiger partial charge in [-0.3, -0.25) is 0 Å². The van der Waals surface area contributed by atoms with Gasteiger partial charge in [0.15, 0.2) is 0 Å². The monoisotopic (exact) mass is 257 g/mol. The van der Waals surface area contributed by atoms with Crippen LogP contribution < -0.4 is 15.8 Å². The van der Waals surface area contributed by atoms with Crippen LogP contribution in [0.2, 0.25) is 0 Å². The third-order valence-electron chi connectivity index (χ3n) is 2.43. The van der Waals surface area contributed by atoms with Crippen molar-refractivity contribution >= 4 is 21.4 Å². The van der Waals surface area contributed by atoms with Crippen LogP contribution in [0.15, 0.2) is 18.2 Å². The van der Waals surface area contributed by atoms with Crippen LogP contribution in [-0.2, 0) is 10.0 Å². The molecule has 0 aromatic heterocycles. The molecule has 0 unspecified atom stereocenters. The summed E-state index contributed by atoms with van der Waals surface area (Å²) in [6.45, 7) is 4.43. The molecule has 0 aliphatic heterocycles. The van der Waals surface area contributed by atoms with E-state index >= 15 is 0 Å². The van der Waals surface area contributed by atoms with Crippen molar-refractivity contribution in [2.24, 2.45) is 0 Å². The highest BCUT2D eigenvalue weighted by atomic mass is 32.2. The molecule has 96 valence electrons. The van der Waals surface area contributed by atoms with Crippen LogP contribution in [0.1, 0.15) is 12.5 Å². The molecule has 0 amide bonds. The summed E-state index contributed by atoms with van der Waals surface area (Å²) in [5, 5.41) is 3.07. The van der Waals surface area contributed by atoms with Gasteiger partial charge in [-0.1, -0.05) is 13.0 Å². The minimum Gasteiger partial charge on any atom is -0.398 e. The Hall–Kier alpha value is -1.27. The summed E-state index contributed by atoms with van der Waals surface area (Å²) in [4.78, 5) is 0. The summed E-state index contributed by atoms with van der Waals surface area (Å²) in [5.41, 5.74) is 8.26. The maximum absolute atomic E-state index is 11.4. The number of rotatable bonds is 6. The second kappa shape index (κ2) is 5.88. The summed E-state index contributed by atoms with van der Waals surface area (Å²) in [7, 11) is -3.17. The molecule has 0 radical (unpaired) electrons. The molecule has 1 rings (SSSR count). The van der Waals surface area contributed by atoms with E-state index < -0.39 is 10.0 Å². The Bertz CT molecular complexity index is 472. The molecule has 0 atom stereocenters. The van der Waals surface area contributed by atoms with Crippen LogP contribution in [0.5, 0.6) is 0 Å². The van der Waals surface area contributed by atoms with Gasteiger partial charge in [-0.25, -0.2) is 13.1 Å². The highest BCUT2D eigenvalue weighted by Crippen LogP contribution is 2.19. The van der Waals surface area contributed by atoms with Crippen molar-refractivity contribution in [1.82, 2.24) is 4.72 Å². The fourth-order valence-corrected chi connectivity index (χ4v) is 2.41. The molecule has 1 aromatic carbocycles. The Kier molecular flexibility index (Phi) is 4.77. The molecular formula is C11H19N3O2S. The molecule has 0 bridgehead atoms. The van der Waals surface area contributed by atoms with Crippen LogP contribution in [0.4, 0.5) is 11.4 Å². The van der Waals surface area contributed by atoms with Gasteiger partial charge in [0, 0.05) is 24.5 Å². The number of hydrogen-bond acceptors (Lipinski definition) is 4. The van der Waals surface area contributed by atoms with E-state index in [0.717, 1.165) is 11.3 Å². The molecule has 0 aliphatic rings. The molecule has 6 heteroatoms. The fraction of sp³-hybridized carbons (Fsp3) is 0.455. The Morgan fingerprint density at radius 2 is 2.06 bits per heavy atom. The van der Waals surface area contributed by atoms with Crippen LogP contribution in [0.3, 0.4) is 0 Å². The number of hydrogen-bond donors (Lipinski definition) is 3. The fourth-order valence-electron chi connectivity index (χ4n) is 1.46. The third kappa shape index (κ3) is 4.24. The molecule has 0 spiro atoms. The minimum absolute atomic E-state index is 0.0507. The predicted octanol–water partition coefficient (Wildman–Crippen LogP) is 0.928. The Balaban J connectivity index is 2.55. The van der Waals surface area contributed by atoms with Crippen LogP contribution in [0.25, 0.3) is 0 Å². The van der Waals surface area contributed by atoms with Crippen LogP contribution >= 0.6 is 0 Å². The van der Waals surface area contributed by atoms with Gasteiger partial charge in [0.1, 0.15) is 0 Å². The molecular weight excluding hydrogens is 238 g/mol. The maximum atomic E-state index is 11.4. The van der Waals surface area contributed by atoms with E-state index in [1.165, 1.54) is 0 Å². The van der Waals surface area contributed by atoms with E-state index in [1.807, 2.05) is 25.1 Å². The van der Waals surface area contributed by atoms with Gasteiger partial charge in [0.2, 0.25) is 10.0 Å². The van der Waals surface area contributed by atoms with Crippen molar-refractivity contribution in [1.29, 1.82) is 0 Å². The van der Waals surface area contributed by atoms with Crippen molar-refractivity contribution in [3.05, 3.63) is 23.8 Å². The summed E-state index contributed by atoms with van der Waals surface area (Å²) in [5.74, 6) is 0.0507. The summed E-state index contributed by atoms with van der Waals surface area (Å²) in [6, 6.07) is 5.53. The summed E-state index contributed by atoms with van der Waals surface area (Å²) in [6.07, 6.45) is 0. The Labute approximate surface area is 102 Å². The molecule has 17 heavy (non-hydrogen) atoms. The van der Waals surface area contributed by atoms with Gasteiger partial charge < -0.3 is 11.1 Å². The lowest BCUT2D eigenvalue weighted by atomic mass is 10.1. The lowest BCUT2D eigenvalue weighted by molar-refractivity contribution is 0.584. The average Bonchev–Trinajstić information content (AvgIpc) is 2.24. The Morgan fingerprint density at radius 1 is 1.35 bits per heavy atom. The molecule has 1 aromatic rings. The molecule has 0 saturated heterocycles. The van der Waals surface area contributed by atoms with E-state index in [1.54, 1.807) is 6.92 Å². The average molecular weight is 257 g/mol. The first-order valence-electron chi connectivity index (χ1n) is 5.52. The first-order valence-corrected chi connectivity index (χ1v) is 7.18. The second-order valence-electron chi connectivity index (χ2n) is 3.76. The van der Waals surface area contributed by atoms with Crippen molar-refractivity contribution in [2.45, 2.75) is 13.8 Å². The van der Waals surface area contributed by atoms with Gasteiger partial charge in [-0.05, 0) is 24.6 Å². The topological polar surface area (TPSA) is 84.2 Å². The van der Waals surface area contributed by atoms with Crippen molar-refractivity contribution in [3.8, 4) is 0 Å².